The van der Waals surface area contributed by atoms with Gasteiger partial charge in [0, 0.05) is 11.1 Å². The quantitative estimate of drug-likeness (QED) is 0.498. The summed E-state index contributed by atoms with van der Waals surface area (Å²) in [4.78, 5) is 16.1. The van der Waals surface area contributed by atoms with Crippen molar-refractivity contribution in [2.75, 3.05) is 11.1 Å². The van der Waals surface area contributed by atoms with Gasteiger partial charge in [-0.15, -0.1) is 0 Å². The van der Waals surface area contributed by atoms with Gasteiger partial charge in [0.05, 0.1) is 17.4 Å². The number of halogens is 1. The van der Waals surface area contributed by atoms with E-state index >= 15 is 0 Å². The molecule has 0 atom stereocenters. The third-order valence-corrected chi connectivity index (χ3v) is 3.01. The molecule has 0 aliphatic rings. The molecule has 0 aliphatic heterocycles. The van der Waals surface area contributed by atoms with Crippen molar-refractivity contribution >= 4 is 39.8 Å². The monoisotopic (exact) mass is 287 g/mol. The fourth-order valence-electron chi connectivity index (χ4n) is 1.84. The lowest BCUT2D eigenvalue weighted by Crippen LogP contribution is -2.13. The van der Waals surface area contributed by atoms with Crippen molar-refractivity contribution in [3.8, 4) is 0 Å². The second kappa shape index (κ2) is 4.82. The molecule has 7 heteroatoms. The first kappa shape index (κ1) is 12.4. The predicted molar refractivity (Wildman–Crippen MR) is 77.7 cm³/mol. The van der Waals surface area contributed by atoms with Crippen molar-refractivity contribution in [1.82, 2.24) is 15.2 Å². The number of anilines is 2. The number of nitrogens with one attached hydrogen (secondary N) is 2. The van der Waals surface area contributed by atoms with Crippen molar-refractivity contribution in [2.24, 2.45) is 0 Å². The van der Waals surface area contributed by atoms with Gasteiger partial charge in [-0.1, -0.05) is 11.6 Å². The Labute approximate surface area is 119 Å². The molecule has 0 spiro atoms. The number of pyridine rings is 1. The molecule has 0 unspecified atom stereocenters. The van der Waals surface area contributed by atoms with Crippen LogP contribution in [0.1, 0.15) is 10.5 Å². The van der Waals surface area contributed by atoms with Crippen molar-refractivity contribution in [1.29, 1.82) is 0 Å². The van der Waals surface area contributed by atoms with Gasteiger partial charge in [-0.25, -0.2) is 4.98 Å². The predicted octanol–water partition coefficient (Wildman–Crippen LogP) is 2.45. The van der Waals surface area contributed by atoms with E-state index in [0.717, 1.165) is 5.52 Å². The number of rotatable bonds is 2. The number of carbonyl (C=O) groups is 1. The molecule has 0 radical (unpaired) electrons. The first-order chi connectivity index (χ1) is 9.63. The Morgan fingerprint density at radius 2 is 2.15 bits per heavy atom. The van der Waals surface area contributed by atoms with E-state index in [1.165, 1.54) is 6.20 Å². The molecule has 0 aliphatic carbocycles. The minimum Gasteiger partial charge on any atom is -0.399 e. The van der Waals surface area contributed by atoms with E-state index < -0.39 is 0 Å². The van der Waals surface area contributed by atoms with Crippen LogP contribution in [0.15, 0.2) is 36.5 Å². The number of hydrogen-bond donors (Lipinski definition) is 3. The van der Waals surface area contributed by atoms with Gasteiger partial charge < -0.3 is 11.1 Å². The molecule has 2 aromatic heterocycles. The maximum Gasteiger partial charge on any atom is 0.276 e. The van der Waals surface area contributed by atoms with Crippen molar-refractivity contribution in [3.05, 3.63) is 47.4 Å². The highest BCUT2D eigenvalue weighted by Crippen LogP contribution is 2.20. The molecule has 0 bridgehead atoms. The summed E-state index contributed by atoms with van der Waals surface area (Å²) in [5.41, 5.74) is 7.86. The summed E-state index contributed by atoms with van der Waals surface area (Å²) in [6.45, 7) is 0. The smallest absolute Gasteiger partial charge is 0.276 e. The van der Waals surface area contributed by atoms with E-state index in [-0.39, 0.29) is 11.6 Å². The van der Waals surface area contributed by atoms with Crippen LogP contribution in [0.3, 0.4) is 0 Å². The molecular formula is C13H10ClN5O. The first-order valence-electron chi connectivity index (χ1n) is 5.80. The number of amides is 1. The summed E-state index contributed by atoms with van der Waals surface area (Å²) in [6, 6.07) is 8.48. The highest BCUT2D eigenvalue weighted by atomic mass is 35.5. The highest BCUT2D eigenvalue weighted by molar-refractivity contribution is 6.29. The van der Waals surface area contributed by atoms with Gasteiger partial charge in [-0.05, 0) is 30.3 Å². The van der Waals surface area contributed by atoms with E-state index in [1.54, 1.807) is 30.3 Å². The molecule has 2 heterocycles. The zero-order valence-electron chi connectivity index (χ0n) is 10.2. The van der Waals surface area contributed by atoms with Gasteiger partial charge in [-0.2, -0.15) is 5.10 Å². The highest BCUT2D eigenvalue weighted by Gasteiger charge is 2.14. The SMILES string of the molecule is Nc1ccc2[nH]nc(C(=O)Nc3ccc(Cl)nc3)c2c1. The topological polar surface area (TPSA) is 96.7 Å². The number of fused-ring (bicyclic) bond motifs is 1. The minimum atomic E-state index is -0.342. The molecule has 4 N–H and O–H groups in total. The number of carbonyl (C=O) groups excluding carboxylic acids is 1. The van der Waals surface area contributed by atoms with Gasteiger partial charge in [0.1, 0.15) is 5.15 Å². The summed E-state index contributed by atoms with van der Waals surface area (Å²) >= 11 is 5.69. The number of nitrogens with zero attached hydrogens (tertiary/aromatic N) is 2. The van der Waals surface area contributed by atoms with Crippen LogP contribution >= 0.6 is 11.6 Å². The fourth-order valence-corrected chi connectivity index (χ4v) is 1.96. The van der Waals surface area contributed by atoms with Gasteiger partial charge >= 0.3 is 0 Å². The molecule has 0 fully saturated rings. The van der Waals surface area contributed by atoms with Gasteiger partial charge in [0.2, 0.25) is 0 Å². The number of aromatic amines is 1. The van der Waals surface area contributed by atoms with Gasteiger partial charge in [0.25, 0.3) is 5.91 Å². The Bertz CT molecular complexity index is 781. The van der Waals surface area contributed by atoms with E-state index in [4.69, 9.17) is 17.3 Å². The largest absolute Gasteiger partial charge is 0.399 e. The number of aromatic nitrogens is 3. The minimum absolute atomic E-state index is 0.280. The van der Waals surface area contributed by atoms with Gasteiger partial charge in [-0.3, -0.25) is 9.89 Å². The molecule has 100 valence electrons. The first-order valence-corrected chi connectivity index (χ1v) is 6.18. The number of nitrogens with two attached hydrogens (primary N) is 1. The van der Waals surface area contributed by atoms with E-state index in [2.05, 4.69) is 20.5 Å². The molecule has 1 aromatic carbocycles. The fraction of sp³-hybridized carbons (Fsp3) is 0. The van der Waals surface area contributed by atoms with Crippen LogP contribution in [0.25, 0.3) is 10.9 Å². The Kier molecular flexibility index (Phi) is 3.00. The van der Waals surface area contributed by atoms with E-state index in [1.807, 2.05) is 0 Å². The summed E-state index contributed by atoms with van der Waals surface area (Å²) in [7, 11) is 0. The molecule has 3 rings (SSSR count). The van der Waals surface area contributed by atoms with Crippen LogP contribution in [0.5, 0.6) is 0 Å². The van der Waals surface area contributed by atoms with E-state index in [0.29, 0.717) is 21.9 Å². The molecule has 3 aromatic rings. The van der Waals surface area contributed by atoms with Crippen LogP contribution in [0, 0.1) is 0 Å². The third kappa shape index (κ3) is 2.28. The lowest BCUT2D eigenvalue weighted by molar-refractivity contribution is 0.102. The summed E-state index contributed by atoms with van der Waals surface area (Å²) < 4.78 is 0. The molecule has 0 saturated heterocycles. The summed E-state index contributed by atoms with van der Waals surface area (Å²) in [5, 5.41) is 10.5. The number of benzene rings is 1. The molecule has 20 heavy (non-hydrogen) atoms. The average Bonchev–Trinajstić information content (AvgIpc) is 2.84. The Hall–Kier alpha value is -2.60. The third-order valence-electron chi connectivity index (χ3n) is 2.79. The molecule has 0 saturated carbocycles. The van der Waals surface area contributed by atoms with Crippen molar-refractivity contribution in [2.45, 2.75) is 0 Å². The molecule has 6 nitrogen and oxygen atoms in total. The molecular weight excluding hydrogens is 278 g/mol. The van der Waals surface area contributed by atoms with Crippen LogP contribution in [0.2, 0.25) is 5.15 Å². The standard InChI is InChI=1S/C13H10ClN5O/c14-11-4-2-8(6-16-11)17-13(20)12-9-5-7(15)1-3-10(9)18-19-12/h1-6H,15H2,(H,17,20)(H,18,19). The van der Waals surface area contributed by atoms with Crippen LogP contribution < -0.4 is 11.1 Å². The number of nitrogen functional groups attached to an aromatic ring is 1. The summed E-state index contributed by atoms with van der Waals surface area (Å²) in [5.74, 6) is -0.342. The Morgan fingerprint density at radius 3 is 2.90 bits per heavy atom. The second-order valence-electron chi connectivity index (χ2n) is 4.20. The number of hydrogen-bond acceptors (Lipinski definition) is 4. The lowest BCUT2D eigenvalue weighted by Gasteiger charge is -2.03. The van der Waals surface area contributed by atoms with Crippen molar-refractivity contribution in [3.63, 3.8) is 0 Å². The maximum absolute atomic E-state index is 12.2. The van der Waals surface area contributed by atoms with Crippen LogP contribution in [-0.4, -0.2) is 21.1 Å². The zero-order valence-corrected chi connectivity index (χ0v) is 11.0. The van der Waals surface area contributed by atoms with Gasteiger partial charge in [0.15, 0.2) is 5.69 Å². The Balaban J connectivity index is 1.92. The number of H-pyrrole nitrogens is 1. The van der Waals surface area contributed by atoms with Crippen LogP contribution in [0.4, 0.5) is 11.4 Å². The normalized spacial score (nSPS) is 10.7. The lowest BCUT2D eigenvalue weighted by atomic mass is 10.2. The average molecular weight is 288 g/mol. The summed E-state index contributed by atoms with van der Waals surface area (Å²) in [6.07, 6.45) is 1.48. The second-order valence-corrected chi connectivity index (χ2v) is 4.59. The van der Waals surface area contributed by atoms with Crippen LogP contribution in [-0.2, 0) is 0 Å². The molecule has 1 amide bonds. The Morgan fingerprint density at radius 1 is 1.30 bits per heavy atom. The van der Waals surface area contributed by atoms with E-state index in [9.17, 15) is 4.79 Å². The zero-order chi connectivity index (χ0) is 14.1. The van der Waals surface area contributed by atoms with Crippen molar-refractivity contribution < 1.29 is 4.79 Å². The maximum atomic E-state index is 12.2.